The van der Waals surface area contributed by atoms with Gasteiger partial charge in [0, 0.05) is 10.2 Å². The number of aromatic nitrogens is 2. The number of ether oxygens (including phenoxy) is 1. The summed E-state index contributed by atoms with van der Waals surface area (Å²) in [5.74, 6) is 0.0557. The lowest BCUT2D eigenvalue weighted by molar-refractivity contribution is -0.113. The highest BCUT2D eigenvalue weighted by molar-refractivity contribution is 9.10. The van der Waals surface area contributed by atoms with Crippen LogP contribution < -0.4 is 15.4 Å². The third-order valence-corrected chi connectivity index (χ3v) is 5.74. The van der Waals surface area contributed by atoms with Gasteiger partial charge in [0.1, 0.15) is 11.6 Å². The second-order valence-electron chi connectivity index (χ2n) is 5.19. The molecule has 0 saturated heterocycles. The molecule has 1 heterocycles. The minimum Gasteiger partial charge on any atom is -0.497 e. The maximum atomic E-state index is 13.7. The Morgan fingerprint density at radius 1 is 1.26 bits per heavy atom. The number of benzene rings is 2. The molecule has 0 spiro atoms. The molecule has 3 rings (SSSR count). The summed E-state index contributed by atoms with van der Waals surface area (Å²) in [5, 5.41) is 14.4. The molecule has 0 aliphatic heterocycles. The Kier molecular flexibility index (Phi) is 6.64. The van der Waals surface area contributed by atoms with E-state index in [1.54, 1.807) is 13.2 Å². The molecule has 10 heteroatoms. The van der Waals surface area contributed by atoms with E-state index in [2.05, 4.69) is 36.8 Å². The number of amides is 1. The maximum Gasteiger partial charge on any atom is 0.234 e. The highest BCUT2D eigenvalue weighted by Gasteiger charge is 2.11. The van der Waals surface area contributed by atoms with Crippen molar-refractivity contribution < 1.29 is 13.9 Å². The number of nitrogens with one attached hydrogen (secondary N) is 2. The quantitative estimate of drug-likeness (QED) is 0.479. The van der Waals surface area contributed by atoms with Crippen LogP contribution in [-0.4, -0.2) is 29.0 Å². The predicted octanol–water partition coefficient (Wildman–Crippen LogP) is 4.92. The van der Waals surface area contributed by atoms with Crippen LogP contribution in [0.25, 0.3) is 0 Å². The van der Waals surface area contributed by atoms with Crippen LogP contribution in [0.2, 0.25) is 0 Å². The maximum absolute atomic E-state index is 13.7. The molecule has 27 heavy (non-hydrogen) atoms. The van der Waals surface area contributed by atoms with Crippen LogP contribution in [0, 0.1) is 5.82 Å². The van der Waals surface area contributed by atoms with Gasteiger partial charge in [0.05, 0.1) is 18.6 Å². The van der Waals surface area contributed by atoms with Crippen LogP contribution in [0.4, 0.5) is 20.9 Å². The molecule has 0 aliphatic rings. The van der Waals surface area contributed by atoms with E-state index in [-0.39, 0.29) is 17.3 Å². The molecule has 0 radical (unpaired) electrons. The molecule has 0 unspecified atom stereocenters. The van der Waals surface area contributed by atoms with Crippen molar-refractivity contribution in [3.05, 3.63) is 52.8 Å². The Morgan fingerprint density at radius 3 is 2.74 bits per heavy atom. The van der Waals surface area contributed by atoms with Crippen LogP contribution >= 0.6 is 39.0 Å². The van der Waals surface area contributed by atoms with E-state index in [4.69, 9.17) is 4.74 Å². The highest BCUT2D eigenvalue weighted by atomic mass is 79.9. The summed E-state index contributed by atoms with van der Waals surface area (Å²) in [4.78, 5) is 12.0. The molecular formula is C17H14BrFN4O2S2. The third-order valence-electron chi connectivity index (χ3n) is 3.28. The fraction of sp³-hybridized carbons (Fsp3) is 0.118. The Morgan fingerprint density at radius 2 is 2.04 bits per heavy atom. The molecule has 2 N–H and O–H groups in total. The van der Waals surface area contributed by atoms with Gasteiger partial charge < -0.3 is 15.4 Å². The first-order valence-corrected chi connectivity index (χ1v) is 10.3. The predicted molar refractivity (Wildman–Crippen MR) is 110 cm³/mol. The van der Waals surface area contributed by atoms with Crippen molar-refractivity contribution in [1.82, 2.24) is 10.2 Å². The van der Waals surface area contributed by atoms with E-state index >= 15 is 0 Å². The minimum atomic E-state index is -0.496. The van der Waals surface area contributed by atoms with Gasteiger partial charge in [-0.15, -0.1) is 10.2 Å². The third kappa shape index (κ3) is 5.65. The number of nitrogens with zero attached hydrogens (tertiary/aromatic N) is 2. The van der Waals surface area contributed by atoms with Crippen LogP contribution in [0.15, 0.2) is 51.3 Å². The zero-order valence-electron chi connectivity index (χ0n) is 14.0. The number of hydrogen-bond donors (Lipinski definition) is 2. The average Bonchev–Trinajstić information content (AvgIpc) is 3.10. The van der Waals surface area contributed by atoms with Gasteiger partial charge in [-0.05, 0) is 42.5 Å². The molecular weight excluding hydrogens is 455 g/mol. The molecule has 1 aromatic heterocycles. The Hall–Kier alpha value is -2.17. The minimum absolute atomic E-state index is 0.104. The Bertz CT molecular complexity index is 937. The van der Waals surface area contributed by atoms with Crippen LogP contribution in [-0.2, 0) is 4.79 Å². The van der Waals surface area contributed by atoms with Gasteiger partial charge in [0.2, 0.25) is 11.0 Å². The molecule has 1 amide bonds. The topological polar surface area (TPSA) is 76.1 Å². The monoisotopic (exact) mass is 468 g/mol. The largest absolute Gasteiger partial charge is 0.497 e. The molecule has 6 nitrogen and oxygen atoms in total. The number of anilines is 3. The molecule has 0 aliphatic carbocycles. The van der Waals surface area contributed by atoms with Gasteiger partial charge in [-0.2, -0.15) is 0 Å². The van der Waals surface area contributed by atoms with Gasteiger partial charge in [-0.3, -0.25) is 4.79 Å². The van der Waals surface area contributed by atoms with E-state index in [1.165, 1.54) is 35.2 Å². The smallest absolute Gasteiger partial charge is 0.234 e. The van der Waals surface area contributed by atoms with E-state index in [0.717, 1.165) is 11.4 Å². The van der Waals surface area contributed by atoms with Crippen molar-refractivity contribution in [2.75, 3.05) is 23.5 Å². The number of hydrogen-bond acceptors (Lipinski definition) is 7. The van der Waals surface area contributed by atoms with Gasteiger partial charge in [-0.25, -0.2) is 4.39 Å². The van der Waals surface area contributed by atoms with E-state index < -0.39 is 5.82 Å². The molecule has 3 aromatic rings. The number of carbonyl (C=O) groups excluding carboxylic acids is 1. The van der Waals surface area contributed by atoms with E-state index in [1.807, 2.05) is 24.3 Å². The number of thioether (sulfide) groups is 1. The van der Waals surface area contributed by atoms with Crippen molar-refractivity contribution in [2.24, 2.45) is 0 Å². The number of halogens is 2. The van der Waals surface area contributed by atoms with Crippen molar-refractivity contribution >= 4 is 61.4 Å². The first-order chi connectivity index (χ1) is 13.0. The van der Waals surface area contributed by atoms with Crippen molar-refractivity contribution in [3.63, 3.8) is 0 Å². The van der Waals surface area contributed by atoms with E-state index in [9.17, 15) is 9.18 Å². The van der Waals surface area contributed by atoms with Gasteiger partial charge in [0.25, 0.3) is 0 Å². The van der Waals surface area contributed by atoms with Crippen molar-refractivity contribution in [3.8, 4) is 5.75 Å². The van der Waals surface area contributed by atoms with Gasteiger partial charge in [0.15, 0.2) is 4.34 Å². The summed E-state index contributed by atoms with van der Waals surface area (Å²) < 4.78 is 20.1. The first kappa shape index (κ1) is 19.6. The standard InChI is InChI=1S/C17H14BrFN4O2S2/c1-25-12-5-3-11(4-6-12)20-16-22-23-17(27-16)26-9-15(24)21-14-7-2-10(18)8-13(14)19/h2-8H,9H2,1H3,(H,20,22)(H,21,24). The lowest BCUT2D eigenvalue weighted by atomic mass is 10.3. The molecule has 0 atom stereocenters. The van der Waals surface area contributed by atoms with E-state index in [0.29, 0.717) is 13.9 Å². The first-order valence-electron chi connectivity index (χ1n) is 7.66. The summed E-state index contributed by atoms with van der Waals surface area (Å²) in [6.07, 6.45) is 0. The zero-order valence-corrected chi connectivity index (χ0v) is 17.3. The number of rotatable bonds is 7. The zero-order chi connectivity index (χ0) is 19.2. The summed E-state index contributed by atoms with van der Waals surface area (Å²) >= 11 is 5.74. The fourth-order valence-corrected chi connectivity index (χ4v) is 3.93. The second kappa shape index (κ2) is 9.16. The normalized spacial score (nSPS) is 10.5. The molecule has 140 valence electrons. The summed E-state index contributed by atoms with van der Waals surface area (Å²) in [6.45, 7) is 0. The summed E-state index contributed by atoms with van der Waals surface area (Å²) in [6, 6.07) is 11.9. The van der Waals surface area contributed by atoms with Crippen LogP contribution in [0.1, 0.15) is 0 Å². The summed E-state index contributed by atoms with van der Waals surface area (Å²) in [7, 11) is 1.61. The van der Waals surface area contributed by atoms with Crippen molar-refractivity contribution in [2.45, 2.75) is 4.34 Å². The SMILES string of the molecule is COc1ccc(Nc2nnc(SCC(=O)Nc3ccc(Br)cc3F)s2)cc1. The second-order valence-corrected chi connectivity index (χ2v) is 8.30. The molecule has 2 aromatic carbocycles. The van der Waals surface area contributed by atoms with Gasteiger partial charge in [-0.1, -0.05) is 39.0 Å². The highest BCUT2D eigenvalue weighted by Crippen LogP contribution is 2.28. The molecule has 0 saturated carbocycles. The van der Waals surface area contributed by atoms with Crippen molar-refractivity contribution in [1.29, 1.82) is 0 Å². The molecule has 0 bridgehead atoms. The summed E-state index contributed by atoms with van der Waals surface area (Å²) in [5.41, 5.74) is 0.995. The number of methoxy groups -OCH3 is 1. The fourth-order valence-electron chi connectivity index (χ4n) is 2.02. The lowest BCUT2D eigenvalue weighted by Crippen LogP contribution is -2.14. The van der Waals surface area contributed by atoms with Crippen LogP contribution in [0.5, 0.6) is 5.75 Å². The Labute approximate surface area is 171 Å². The average molecular weight is 469 g/mol. The van der Waals surface area contributed by atoms with Gasteiger partial charge >= 0.3 is 0 Å². The lowest BCUT2D eigenvalue weighted by Gasteiger charge is -2.05. The molecule has 0 fully saturated rings. The van der Waals surface area contributed by atoms with Crippen LogP contribution in [0.3, 0.4) is 0 Å². The number of carbonyl (C=O) groups is 1. The Balaban J connectivity index is 1.52.